The van der Waals surface area contributed by atoms with Crippen molar-refractivity contribution in [1.29, 1.82) is 0 Å². The fourth-order valence-electron chi connectivity index (χ4n) is 1.55. The highest BCUT2D eigenvalue weighted by Crippen LogP contribution is 2.19. The third-order valence-electron chi connectivity index (χ3n) is 2.26. The van der Waals surface area contributed by atoms with Crippen molar-refractivity contribution < 1.29 is 13.5 Å². The number of halogens is 2. The minimum atomic E-state index is -0.553. The predicted octanol–water partition coefficient (Wildman–Crippen LogP) is 1.63. The van der Waals surface area contributed by atoms with Crippen LogP contribution in [0.25, 0.3) is 0 Å². The van der Waals surface area contributed by atoms with Gasteiger partial charge in [0.1, 0.15) is 11.6 Å². The van der Waals surface area contributed by atoms with Crippen molar-refractivity contribution >= 4 is 0 Å². The molecule has 1 saturated heterocycles. The maximum Gasteiger partial charge on any atom is 0.130 e. The lowest BCUT2D eigenvalue weighted by Crippen LogP contribution is -2.35. The van der Waals surface area contributed by atoms with Gasteiger partial charge in [-0.25, -0.2) is 8.78 Å². The maximum atomic E-state index is 13.3. The van der Waals surface area contributed by atoms with Crippen LogP contribution in [0.2, 0.25) is 0 Å². The van der Waals surface area contributed by atoms with Crippen LogP contribution in [-0.4, -0.2) is 19.8 Å². The average molecular weight is 199 g/mol. The summed E-state index contributed by atoms with van der Waals surface area (Å²) in [6, 6.07) is 3.45. The minimum absolute atomic E-state index is 0.163. The molecule has 0 unspecified atom stereocenters. The molecule has 2 rings (SSSR count). The summed E-state index contributed by atoms with van der Waals surface area (Å²) in [6.07, 6.45) is 0. The lowest BCUT2D eigenvalue weighted by Gasteiger charge is -2.24. The zero-order valence-corrected chi connectivity index (χ0v) is 7.59. The largest absolute Gasteiger partial charge is 0.378 e. The van der Waals surface area contributed by atoms with Gasteiger partial charge in [-0.1, -0.05) is 6.07 Å². The Morgan fingerprint density at radius 2 is 2.21 bits per heavy atom. The third-order valence-corrected chi connectivity index (χ3v) is 2.26. The first-order valence-corrected chi connectivity index (χ1v) is 4.53. The van der Waals surface area contributed by atoms with Gasteiger partial charge < -0.3 is 10.1 Å². The normalized spacial score (nSPS) is 22.3. The topological polar surface area (TPSA) is 21.3 Å². The Hall–Kier alpha value is -1.00. The van der Waals surface area contributed by atoms with Crippen molar-refractivity contribution in [3.05, 3.63) is 35.4 Å². The standard InChI is InChI=1S/C10H11F2NO/c11-7-1-2-8(9(12)5-7)10-6-14-4-3-13-10/h1-2,5,10,13H,3-4,6H2/t10-/m1/s1. The van der Waals surface area contributed by atoms with Gasteiger partial charge in [-0.3, -0.25) is 0 Å². The zero-order valence-electron chi connectivity index (χ0n) is 7.59. The van der Waals surface area contributed by atoms with Gasteiger partial charge in [0.15, 0.2) is 0 Å². The number of morpholine rings is 1. The highest BCUT2D eigenvalue weighted by Gasteiger charge is 2.18. The number of hydrogen-bond acceptors (Lipinski definition) is 2. The van der Waals surface area contributed by atoms with Gasteiger partial charge in [0.05, 0.1) is 19.3 Å². The van der Waals surface area contributed by atoms with Crippen LogP contribution in [0, 0.1) is 11.6 Å². The van der Waals surface area contributed by atoms with Crippen molar-refractivity contribution in [1.82, 2.24) is 5.32 Å². The van der Waals surface area contributed by atoms with Gasteiger partial charge in [-0.05, 0) is 6.07 Å². The van der Waals surface area contributed by atoms with E-state index < -0.39 is 11.6 Å². The second kappa shape index (κ2) is 4.02. The van der Waals surface area contributed by atoms with E-state index >= 15 is 0 Å². The summed E-state index contributed by atoms with van der Waals surface area (Å²) in [5.41, 5.74) is 0.464. The first-order chi connectivity index (χ1) is 6.77. The van der Waals surface area contributed by atoms with Gasteiger partial charge in [0.25, 0.3) is 0 Å². The fraction of sp³-hybridized carbons (Fsp3) is 0.400. The molecule has 0 spiro atoms. The van der Waals surface area contributed by atoms with Crippen LogP contribution in [0.4, 0.5) is 8.78 Å². The molecule has 1 aliphatic rings. The number of benzene rings is 1. The number of nitrogens with one attached hydrogen (secondary N) is 1. The molecule has 4 heteroatoms. The molecule has 0 aromatic heterocycles. The van der Waals surface area contributed by atoms with Crippen LogP contribution in [0.1, 0.15) is 11.6 Å². The van der Waals surface area contributed by atoms with E-state index in [0.29, 0.717) is 25.3 Å². The van der Waals surface area contributed by atoms with E-state index in [0.717, 1.165) is 6.07 Å². The molecule has 1 N–H and O–H groups in total. The molecule has 0 amide bonds. The van der Waals surface area contributed by atoms with Gasteiger partial charge in [0, 0.05) is 18.2 Å². The highest BCUT2D eigenvalue weighted by molar-refractivity contribution is 5.22. The van der Waals surface area contributed by atoms with E-state index in [9.17, 15) is 8.78 Å². The molecule has 0 saturated carbocycles. The van der Waals surface area contributed by atoms with Gasteiger partial charge in [0.2, 0.25) is 0 Å². The van der Waals surface area contributed by atoms with Crippen molar-refractivity contribution in [2.75, 3.05) is 19.8 Å². The predicted molar refractivity (Wildman–Crippen MR) is 47.9 cm³/mol. The van der Waals surface area contributed by atoms with Crippen molar-refractivity contribution in [3.8, 4) is 0 Å². The van der Waals surface area contributed by atoms with E-state index in [1.54, 1.807) is 0 Å². The first kappa shape index (κ1) is 9.55. The van der Waals surface area contributed by atoms with E-state index in [2.05, 4.69) is 5.32 Å². The Labute approximate surface area is 80.9 Å². The van der Waals surface area contributed by atoms with Crippen molar-refractivity contribution in [2.24, 2.45) is 0 Å². The molecule has 1 aromatic carbocycles. The van der Waals surface area contributed by atoms with Gasteiger partial charge >= 0.3 is 0 Å². The smallest absolute Gasteiger partial charge is 0.130 e. The van der Waals surface area contributed by atoms with Crippen LogP contribution in [0.3, 0.4) is 0 Å². The Morgan fingerprint density at radius 3 is 2.86 bits per heavy atom. The van der Waals surface area contributed by atoms with Crippen LogP contribution in [-0.2, 0) is 4.74 Å². The molecular formula is C10H11F2NO. The van der Waals surface area contributed by atoms with Crippen LogP contribution < -0.4 is 5.32 Å². The van der Waals surface area contributed by atoms with Gasteiger partial charge in [-0.15, -0.1) is 0 Å². The third kappa shape index (κ3) is 1.91. The SMILES string of the molecule is Fc1ccc([C@H]2COCCN2)c(F)c1. The molecule has 1 atom stereocenters. The molecule has 2 nitrogen and oxygen atoms in total. The average Bonchev–Trinajstić information content (AvgIpc) is 2.19. The summed E-state index contributed by atoms with van der Waals surface area (Å²) >= 11 is 0. The van der Waals surface area contributed by atoms with Crippen LogP contribution >= 0.6 is 0 Å². The van der Waals surface area contributed by atoms with E-state index in [-0.39, 0.29) is 6.04 Å². The zero-order chi connectivity index (χ0) is 9.97. The first-order valence-electron chi connectivity index (χ1n) is 4.53. The minimum Gasteiger partial charge on any atom is -0.378 e. The highest BCUT2D eigenvalue weighted by atomic mass is 19.1. The molecule has 1 aliphatic heterocycles. The summed E-state index contributed by atoms with van der Waals surface area (Å²) in [7, 11) is 0. The molecule has 76 valence electrons. The molecule has 0 bridgehead atoms. The summed E-state index contributed by atoms with van der Waals surface area (Å²) in [4.78, 5) is 0. The summed E-state index contributed by atoms with van der Waals surface area (Å²) in [5.74, 6) is -1.07. The van der Waals surface area contributed by atoms with Crippen molar-refractivity contribution in [2.45, 2.75) is 6.04 Å². The molecule has 1 aromatic rings. The molecule has 0 aliphatic carbocycles. The Kier molecular flexibility index (Phi) is 2.74. The molecule has 1 fully saturated rings. The summed E-state index contributed by atoms with van der Waals surface area (Å²) < 4.78 is 31.1. The van der Waals surface area contributed by atoms with Crippen LogP contribution in [0.15, 0.2) is 18.2 Å². The fourth-order valence-corrected chi connectivity index (χ4v) is 1.55. The monoisotopic (exact) mass is 199 g/mol. The summed E-state index contributed by atoms with van der Waals surface area (Å²) in [6.45, 7) is 1.77. The second-order valence-electron chi connectivity index (χ2n) is 3.25. The number of hydrogen-bond donors (Lipinski definition) is 1. The molecular weight excluding hydrogens is 188 g/mol. The van der Waals surface area contributed by atoms with Crippen molar-refractivity contribution in [3.63, 3.8) is 0 Å². The molecule has 0 radical (unpaired) electrons. The number of ether oxygens (including phenoxy) is 1. The lowest BCUT2D eigenvalue weighted by molar-refractivity contribution is 0.0757. The Balaban J connectivity index is 2.22. The Bertz CT molecular complexity index is 324. The maximum absolute atomic E-state index is 13.3. The number of rotatable bonds is 1. The molecule has 14 heavy (non-hydrogen) atoms. The molecule has 1 heterocycles. The van der Waals surface area contributed by atoms with Gasteiger partial charge in [-0.2, -0.15) is 0 Å². The van der Waals surface area contributed by atoms with E-state index in [1.165, 1.54) is 12.1 Å². The Morgan fingerprint density at radius 1 is 1.36 bits per heavy atom. The van der Waals surface area contributed by atoms with Crippen LogP contribution in [0.5, 0.6) is 0 Å². The summed E-state index contributed by atoms with van der Waals surface area (Å²) in [5, 5.41) is 3.11. The second-order valence-corrected chi connectivity index (χ2v) is 3.25. The lowest BCUT2D eigenvalue weighted by atomic mass is 10.1. The quantitative estimate of drug-likeness (QED) is 0.742. The van der Waals surface area contributed by atoms with E-state index in [4.69, 9.17) is 4.74 Å². The van der Waals surface area contributed by atoms with E-state index in [1.807, 2.05) is 0 Å².